The summed E-state index contributed by atoms with van der Waals surface area (Å²) in [6, 6.07) is 18.2. The van der Waals surface area contributed by atoms with Crippen LogP contribution in [-0.2, 0) is 25.7 Å². The maximum atomic E-state index is 6.04. The molecule has 37 heavy (non-hydrogen) atoms. The van der Waals surface area contributed by atoms with E-state index in [1.165, 1.54) is 34.2 Å². The van der Waals surface area contributed by atoms with Crippen LogP contribution in [0, 0.1) is 0 Å². The van der Waals surface area contributed by atoms with Gasteiger partial charge in [0.25, 0.3) is 0 Å². The van der Waals surface area contributed by atoms with Crippen LogP contribution in [-0.4, -0.2) is 37.0 Å². The fourth-order valence-corrected chi connectivity index (χ4v) is 5.70. The smallest absolute Gasteiger partial charge is 0.241 e. The zero-order valence-corrected chi connectivity index (χ0v) is 21.5. The number of rotatable bonds is 5. The van der Waals surface area contributed by atoms with Gasteiger partial charge >= 0.3 is 0 Å². The van der Waals surface area contributed by atoms with Gasteiger partial charge in [-0.15, -0.1) is 15.3 Å². The van der Waals surface area contributed by atoms with Gasteiger partial charge in [-0.3, -0.25) is 0 Å². The molecule has 0 radical (unpaired) electrons. The van der Waals surface area contributed by atoms with Gasteiger partial charge < -0.3 is 16.4 Å². The standard InChI is InChI=1S/C29H34N8/c1-18(2)31-23-13-10-19-11-15-24(16-21(19)12-14-23)32-29-33-28(30)36-37(29)26-17-22-8-5-7-20-6-3-4-9-25(20)27(22)35-34-26/h3-4,6,9,11,15-18,23,31H,5,7-8,10,12-14H2,1-2H3,(H3,30,32,33,36). The van der Waals surface area contributed by atoms with Crippen molar-refractivity contribution in [1.29, 1.82) is 0 Å². The highest BCUT2D eigenvalue weighted by Crippen LogP contribution is 2.32. The van der Waals surface area contributed by atoms with Crippen LogP contribution in [0.2, 0.25) is 0 Å². The number of hydrogen-bond donors (Lipinski definition) is 3. The van der Waals surface area contributed by atoms with Gasteiger partial charge in [-0.25, -0.2) is 0 Å². The van der Waals surface area contributed by atoms with Crippen LogP contribution in [0.1, 0.15) is 55.4 Å². The Bertz CT molecular complexity index is 1420. The lowest BCUT2D eigenvalue weighted by atomic mass is 10.0. The molecule has 190 valence electrons. The predicted octanol–water partition coefficient (Wildman–Crippen LogP) is 4.78. The van der Waals surface area contributed by atoms with Crippen LogP contribution in [0.25, 0.3) is 17.1 Å². The van der Waals surface area contributed by atoms with E-state index < -0.39 is 0 Å². The summed E-state index contributed by atoms with van der Waals surface area (Å²) in [4.78, 5) is 4.46. The maximum Gasteiger partial charge on any atom is 0.241 e. The Morgan fingerprint density at radius 3 is 2.57 bits per heavy atom. The number of nitrogens with zero attached hydrogens (tertiary/aromatic N) is 5. The summed E-state index contributed by atoms with van der Waals surface area (Å²) in [6.07, 6.45) is 7.52. The van der Waals surface area contributed by atoms with Crippen molar-refractivity contribution in [2.24, 2.45) is 0 Å². The van der Waals surface area contributed by atoms with E-state index in [9.17, 15) is 0 Å². The molecular formula is C29H34N8. The molecule has 4 N–H and O–H groups in total. The Balaban J connectivity index is 1.27. The molecule has 8 nitrogen and oxygen atoms in total. The van der Waals surface area contributed by atoms with Gasteiger partial charge in [-0.1, -0.05) is 44.2 Å². The fourth-order valence-electron chi connectivity index (χ4n) is 5.70. The SMILES string of the molecule is CC(C)NC1CCc2ccc(Nc3nc(N)nn3-c3cc4c(nn3)-c3ccccc3CCC4)cc2CC1. The molecule has 2 aromatic heterocycles. The van der Waals surface area contributed by atoms with Crippen LogP contribution in [0.15, 0.2) is 48.5 Å². The first kappa shape index (κ1) is 23.6. The van der Waals surface area contributed by atoms with Crippen molar-refractivity contribution < 1.29 is 0 Å². The first-order chi connectivity index (χ1) is 18.0. The minimum atomic E-state index is 0.196. The summed E-state index contributed by atoms with van der Waals surface area (Å²) >= 11 is 0. The van der Waals surface area contributed by atoms with Crippen molar-refractivity contribution in [1.82, 2.24) is 30.3 Å². The minimum absolute atomic E-state index is 0.196. The van der Waals surface area contributed by atoms with Crippen molar-refractivity contribution in [2.45, 2.75) is 70.9 Å². The van der Waals surface area contributed by atoms with Gasteiger partial charge in [0, 0.05) is 23.3 Å². The second-order valence-electron chi connectivity index (χ2n) is 10.5. The van der Waals surface area contributed by atoms with Crippen LogP contribution < -0.4 is 16.4 Å². The molecule has 0 amide bonds. The number of benzene rings is 2. The molecule has 2 heterocycles. The van der Waals surface area contributed by atoms with Gasteiger partial charge in [0.15, 0.2) is 5.82 Å². The first-order valence-electron chi connectivity index (χ1n) is 13.4. The van der Waals surface area contributed by atoms with E-state index in [4.69, 9.17) is 5.73 Å². The molecule has 1 atom stereocenters. The molecule has 0 saturated carbocycles. The average molecular weight is 495 g/mol. The molecule has 0 fully saturated rings. The summed E-state index contributed by atoms with van der Waals surface area (Å²) in [5, 5.41) is 20.8. The lowest BCUT2D eigenvalue weighted by Crippen LogP contribution is -2.34. The molecule has 0 aliphatic heterocycles. The quantitative estimate of drug-likeness (QED) is 0.343. The molecule has 2 aromatic carbocycles. The Labute approximate surface area is 217 Å². The third-order valence-electron chi connectivity index (χ3n) is 7.42. The number of aryl methyl sites for hydroxylation is 4. The number of aromatic nitrogens is 5. The van der Waals surface area contributed by atoms with Gasteiger partial charge in [0.2, 0.25) is 11.9 Å². The fraction of sp³-hybridized carbons (Fsp3) is 0.379. The number of nitrogen functional groups attached to an aromatic ring is 1. The Kier molecular flexibility index (Phi) is 6.34. The molecule has 8 heteroatoms. The Hall–Kier alpha value is -3.78. The molecule has 2 aliphatic rings. The topological polar surface area (TPSA) is 107 Å². The van der Waals surface area contributed by atoms with E-state index in [2.05, 4.69) is 93.3 Å². The van der Waals surface area contributed by atoms with E-state index in [-0.39, 0.29) is 5.95 Å². The number of fused-ring (bicyclic) bond motifs is 4. The van der Waals surface area contributed by atoms with Crippen LogP contribution in [0.4, 0.5) is 17.6 Å². The van der Waals surface area contributed by atoms with Crippen LogP contribution in [0.3, 0.4) is 0 Å². The number of nitrogens with one attached hydrogen (secondary N) is 2. The third-order valence-corrected chi connectivity index (χ3v) is 7.42. The highest BCUT2D eigenvalue weighted by molar-refractivity contribution is 5.68. The maximum absolute atomic E-state index is 6.04. The second-order valence-corrected chi connectivity index (χ2v) is 10.5. The molecule has 6 rings (SSSR count). The molecule has 0 saturated heterocycles. The van der Waals surface area contributed by atoms with E-state index in [0.717, 1.165) is 49.9 Å². The summed E-state index contributed by atoms with van der Waals surface area (Å²) in [7, 11) is 0. The first-order valence-corrected chi connectivity index (χ1v) is 13.4. The molecule has 0 spiro atoms. The van der Waals surface area contributed by atoms with Gasteiger partial charge in [0.1, 0.15) is 0 Å². The van der Waals surface area contributed by atoms with Gasteiger partial charge in [0.05, 0.1) is 5.69 Å². The van der Waals surface area contributed by atoms with Crippen molar-refractivity contribution >= 4 is 17.6 Å². The van der Waals surface area contributed by atoms with Gasteiger partial charge in [-0.2, -0.15) is 9.67 Å². The van der Waals surface area contributed by atoms with Crippen molar-refractivity contribution in [3.05, 3.63) is 70.8 Å². The second kappa shape index (κ2) is 9.94. The van der Waals surface area contributed by atoms with E-state index >= 15 is 0 Å². The van der Waals surface area contributed by atoms with Crippen molar-refractivity contribution in [2.75, 3.05) is 11.1 Å². The summed E-state index contributed by atoms with van der Waals surface area (Å²) in [5.74, 6) is 1.35. The number of anilines is 3. The number of hydrogen-bond acceptors (Lipinski definition) is 7. The lowest BCUT2D eigenvalue weighted by Gasteiger charge is -2.18. The summed E-state index contributed by atoms with van der Waals surface area (Å²) in [6.45, 7) is 4.44. The highest BCUT2D eigenvalue weighted by Gasteiger charge is 2.20. The minimum Gasteiger partial charge on any atom is -0.366 e. The third kappa shape index (κ3) is 4.93. The Morgan fingerprint density at radius 1 is 0.892 bits per heavy atom. The zero-order valence-electron chi connectivity index (χ0n) is 21.5. The molecule has 1 unspecified atom stereocenters. The average Bonchev–Trinajstić information content (AvgIpc) is 3.03. The van der Waals surface area contributed by atoms with Crippen molar-refractivity contribution in [3.8, 4) is 17.1 Å². The van der Waals surface area contributed by atoms with Crippen molar-refractivity contribution in [3.63, 3.8) is 0 Å². The molecule has 0 bridgehead atoms. The van der Waals surface area contributed by atoms with Crippen LogP contribution >= 0.6 is 0 Å². The lowest BCUT2D eigenvalue weighted by molar-refractivity contribution is 0.424. The monoisotopic (exact) mass is 494 g/mol. The molecular weight excluding hydrogens is 460 g/mol. The summed E-state index contributed by atoms with van der Waals surface area (Å²) in [5.41, 5.74) is 14.5. The normalized spacial score (nSPS) is 16.9. The summed E-state index contributed by atoms with van der Waals surface area (Å²) < 4.78 is 1.66. The predicted molar refractivity (Wildman–Crippen MR) is 147 cm³/mol. The Morgan fingerprint density at radius 2 is 1.70 bits per heavy atom. The van der Waals surface area contributed by atoms with E-state index in [0.29, 0.717) is 23.8 Å². The van der Waals surface area contributed by atoms with Crippen LogP contribution in [0.5, 0.6) is 0 Å². The number of nitrogens with two attached hydrogens (primary N) is 1. The zero-order chi connectivity index (χ0) is 25.4. The van der Waals surface area contributed by atoms with E-state index in [1.54, 1.807) is 4.68 Å². The highest BCUT2D eigenvalue weighted by atomic mass is 15.5. The van der Waals surface area contributed by atoms with E-state index in [1.807, 2.05) is 0 Å². The molecule has 2 aliphatic carbocycles. The molecule has 4 aromatic rings. The largest absolute Gasteiger partial charge is 0.366 e. The van der Waals surface area contributed by atoms with Gasteiger partial charge in [-0.05, 0) is 85.4 Å².